The molecule has 0 amide bonds. The molecule has 25 heavy (non-hydrogen) atoms. The van der Waals surface area contributed by atoms with Gasteiger partial charge < -0.3 is 20.3 Å². The first-order valence-corrected chi connectivity index (χ1v) is 8.28. The van der Waals surface area contributed by atoms with Crippen molar-refractivity contribution in [3.63, 3.8) is 0 Å². The van der Waals surface area contributed by atoms with E-state index in [2.05, 4.69) is 10.3 Å². The maximum absolute atomic E-state index is 11.7. The molecule has 0 aliphatic carbocycles. The van der Waals surface area contributed by atoms with Crippen molar-refractivity contribution in [2.75, 3.05) is 12.4 Å². The molecule has 0 radical (unpaired) electrons. The van der Waals surface area contributed by atoms with E-state index in [4.69, 9.17) is 9.84 Å². The third kappa shape index (κ3) is 3.56. The van der Waals surface area contributed by atoms with Crippen LogP contribution in [0.25, 0.3) is 11.3 Å². The number of aromatic carboxylic acids is 1. The van der Waals surface area contributed by atoms with Crippen LogP contribution in [0.4, 0.5) is 10.8 Å². The van der Waals surface area contributed by atoms with E-state index in [0.29, 0.717) is 10.8 Å². The highest BCUT2D eigenvalue weighted by Crippen LogP contribution is 2.30. The van der Waals surface area contributed by atoms with Crippen molar-refractivity contribution in [1.82, 2.24) is 4.98 Å². The average molecular weight is 355 g/mol. The van der Waals surface area contributed by atoms with E-state index in [9.17, 15) is 9.90 Å². The van der Waals surface area contributed by atoms with E-state index >= 15 is 0 Å². The van der Waals surface area contributed by atoms with Gasteiger partial charge in [0, 0.05) is 16.6 Å². The monoisotopic (exact) mass is 355 g/mol. The first-order valence-electron chi connectivity index (χ1n) is 7.40. The third-order valence-corrected chi connectivity index (χ3v) is 4.42. The van der Waals surface area contributed by atoms with Crippen LogP contribution in [0.5, 0.6) is 11.5 Å². The number of nitrogens with zero attached hydrogens (tertiary/aromatic N) is 1. The summed E-state index contributed by atoms with van der Waals surface area (Å²) in [5.74, 6) is -0.957. The van der Waals surface area contributed by atoms with E-state index < -0.39 is 11.7 Å². The van der Waals surface area contributed by atoms with Crippen LogP contribution in [0.3, 0.4) is 0 Å². The molecule has 6 nitrogen and oxygen atoms in total. The van der Waals surface area contributed by atoms with Crippen LogP contribution in [0.15, 0.2) is 41.8 Å². The number of aryl methyl sites for hydroxylation is 1. The number of methoxy groups -OCH3 is 1. The number of hydrogen-bond donors (Lipinski definition) is 2. The molecule has 0 saturated carbocycles. The van der Waals surface area contributed by atoms with Crippen LogP contribution in [0, 0.1) is 6.92 Å². The minimum Gasteiger partial charge on any atom is -0.872 e. The Morgan fingerprint density at radius 2 is 2.08 bits per heavy atom. The normalized spacial score (nSPS) is 10.5. The molecule has 1 aromatic heterocycles. The second-order valence-corrected chi connectivity index (χ2v) is 6.22. The smallest absolute Gasteiger partial charge is 0.335 e. The minimum atomic E-state index is -1.23. The molecule has 0 spiro atoms. The molecular formula is C18H15N2O4S-. The van der Waals surface area contributed by atoms with Crippen molar-refractivity contribution >= 4 is 28.1 Å². The Kier molecular flexibility index (Phi) is 4.58. The van der Waals surface area contributed by atoms with Gasteiger partial charge in [-0.2, -0.15) is 0 Å². The highest BCUT2D eigenvalue weighted by atomic mass is 32.1. The number of carboxylic acid groups (broad SMARTS) is 1. The summed E-state index contributed by atoms with van der Waals surface area (Å²) >= 11 is 1.40. The molecule has 0 aliphatic rings. The molecule has 0 fully saturated rings. The highest BCUT2D eigenvalue weighted by Gasteiger charge is 2.08. The lowest BCUT2D eigenvalue weighted by Crippen LogP contribution is -2.04. The number of anilines is 2. The quantitative estimate of drug-likeness (QED) is 0.725. The first-order chi connectivity index (χ1) is 12.0. The zero-order valence-corrected chi connectivity index (χ0v) is 14.4. The Hall–Kier alpha value is -3.06. The Labute approximate surface area is 148 Å². The fraction of sp³-hybridized carbons (Fsp3) is 0.111. The van der Waals surface area contributed by atoms with Crippen LogP contribution in [-0.2, 0) is 0 Å². The predicted molar refractivity (Wildman–Crippen MR) is 95.0 cm³/mol. The number of benzene rings is 2. The lowest BCUT2D eigenvalue weighted by Gasteiger charge is -2.12. The molecule has 2 aromatic carbocycles. The maximum atomic E-state index is 11.7. The summed E-state index contributed by atoms with van der Waals surface area (Å²) in [6.07, 6.45) is 0. The summed E-state index contributed by atoms with van der Waals surface area (Å²) in [7, 11) is 1.63. The van der Waals surface area contributed by atoms with Crippen molar-refractivity contribution in [3.05, 3.63) is 52.9 Å². The Bertz CT molecular complexity index is 937. The summed E-state index contributed by atoms with van der Waals surface area (Å²) in [6, 6.07) is 9.91. The van der Waals surface area contributed by atoms with Crippen LogP contribution in [-0.4, -0.2) is 23.2 Å². The van der Waals surface area contributed by atoms with Crippen molar-refractivity contribution in [2.24, 2.45) is 0 Å². The fourth-order valence-corrected chi connectivity index (χ4v) is 3.14. The van der Waals surface area contributed by atoms with Crippen molar-refractivity contribution in [3.8, 4) is 22.8 Å². The number of hydrogen-bond acceptors (Lipinski definition) is 6. The van der Waals surface area contributed by atoms with Crippen molar-refractivity contribution < 1.29 is 19.7 Å². The molecule has 0 unspecified atom stereocenters. The van der Waals surface area contributed by atoms with E-state index in [-0.39, 0.29) is 5.56 Å². The summed E-state index contributed by atoms with van der Waals surface area (Å²) in [4.78, 5) is 15.4. The molecule has 1 heterocycles. The molecule has 7 heteroatoms. The SMILES string of the molecule is COc1ccc(-c2csc(Nc3ccc(C(=O)O)c([O-])c3)n2)cc1C. The zero-order valence-electron chi connectivity index (χ0n) is 13.6. The molecule has 0 saturated heterocycles. The number of rotatable bonds is 5. The van der Waals surface area contributed by atoms with Gasteiger partial charge in [0.15, 0.2) is 5.13 Å². The van der Waals surface area contributed by atoms with Gasteiger partial charge in [-0.25, -0.2) is 9.78 Å². The van der Waals surface area contributed by atoms with Gasteiger partial charge in [0.2, 0.25) is 0 Å². The standard InChI is InChI=1S/C18H16N2O4S/c1-10-7-11(3-6-16(10)24-2)14-9-25-18(20-14)19-12-4-5-13(17(22)23)15(21)8-12/h3-9,21H,1-2H3,(H,19,20)(H,22,23)/p-1. The van der Waals surface area contributed by atoms with Crippen LogP contribution < -0.4 is 15.2 Å². The van der Waals surface area contributed by atoms with E-state index in [1.807, 2.05) is 30.5 Å². The van der Waals surface area contributed by atoms with Gasteiger partial charge in [-0.1, -0.05) is 5.75 Å². The minimum absolute atomic E-state index is 0.251. The lowest BCUT2D eigenvalue weighted by atomic mass is 10.1. The summed E-state index contributed by atoms with van der Waals surface area (Å²) in [5.41, 5.74) is 3.04. The molecule has 128 valence electrons. The molecule has 0 atom stereocenters. The molecular weight excluding hydrogens is 340 g/mol. The first kappa shape index (κ1) is 16.8. The lowest BCUT2D eigenvalue weighted by molar-refractivity contribution is -0.268. The van der Waals surface area contributed by atoms with E-state index in [0.717, 1.165) is 22.6 Å². The van der Waals surface area contributed by atoms with Crippen LogP contribution in [0.1, 0.15) is 15.9 Å². The summed E-state index contributed by atoms with van der Waals surface area (Å²) in [6.45, 7) is 1.97. The predicted octanol–water partition coefficient (Wildman–Crippen LogP) is 3.64. The second-order valence-electron chi connectivity index (χ2n) is 5.36. The topological polar surface area (TPSA) is 94.5 Å². The molecule has 3 rings (SSSR count). The Balaban J connectivity index is 1.81. The van der Waals surface area contributed by atoms with Gasteiger partial charge in [-0.05, 0) is 48.9 Å². The number of ether oxygens (including phenoxy) is 1. The number of nitrogens with one attached hydrogen (secondary N) is 1. The summed E-state index contributed by atoms with van der Waals surface area (Å²) < 4.78 is 5.26. The number of aromatic nitrogens is 1. The molecule has 3 aromatic rings. The van der Waals surface area contributed by atoms with Gasteiger partial charge >= 0.3 is 5.97 Å². The van der Waals surface area contributed by atoms with Gasteiger partial charge in [-0.15, -0.1) is 11.3 Å². The van der Waals surface area contributed by atoms with Gasteiger partial charge in [0.05, 0.1) is 18.4 Å². The van der Waals surface area contributed by atoms with Crippen LogP contribution in [0.2, 0.25) is 0 Å². The van der Waals surface area contributed by atoms with E-state index in [1.165, 1.54) is 23.5 Å². The number of carboxylic acids is 1. The van der Waals surface area contributed by atoms with Crippen LogP contribution >= 0.6 is 11.3 Å². The van der Waals surface area contributed by atoms with Crippen molar-refractivity contribution in [1.29, 1.82) is 0 Å². The van der Waals surface area contributed by atoms with Gasteiger partial charge in [-0.3, -0.25) is 0 Å². The van der Waals surface area contributed by atoms with Gasteiger partial charge in [0.1, 0.15) is 5.75 Å². The average Bonchev–Trinajstić information content (AvgIpc) is 3.03. The van der Waals surface area contributed by atoms with E-state index in [1.54, 1.807) is 13.2 Å². The largest absolute Gasteiger partial charge is 0.872 e. The number of carbonyl (C=O) groups is 1. The Morgan fingerprint density at radius 1 is 1.28 bits per heavy atom. The number of thiazole rings is 1. The Morgan fingerprint density at radius 3 is 2.72 bits per heavy atom. The highest BCUT2D eigenvalue weighted by molar-refractivity contribution is 7.14. The zero-order chi connectivity index (χ0) is 18.0. The third-order valence-electron chi connectivity index (χ3n) is 3.66. The molecule has 0 aliphatic heterocycles. The van der Waals surface area contributed by atoms with Crippen molar-refractivity contribution in [2.45, 2.75) is 6.92 Å². The molecule has 0 bridgehead atoms. The maximum Gasteiger partial charge on any atom is 0.335 e. The van der Waals surface area contributed by atoms with Gasteiger partial charge in [0.25, 0.3) is 0 Å². The molecule has 2 N–H and O–H groups in total. The second kappa shape index (κ2) is 6.82. The summed E-state index contributed by atoms with van der Waals surface area (Å²) in [5, 5.41) is 26.2. The fourth-order valence-electron chi connectivity index (χ4n) is 2.40.